The second-order valence-corrected chi connectivity index (χ2v) is 4.28. The second-order valence-electron chi connectivity index (χ2n) is 4.28. The zero-order chi connectivity index (χ0) is 12.0. The Bertz CT molecular complexity index is 313. The van der Waals surface area contributed by atoms with Crippen molar-refractivity contribution in [3.8, 4) is 0 Å². The van der Waals surface area contributed by atoms with Crippen LogP contribution in [-0.4, -0.2) is 29.5 Å². The number of aliphatic hydroxyl groups excluding tert-OH is 2. The molecule has 90 valence electrons. The summed E-state index contributed by atoms with van der Waals surface area (Å²) in [5, 5.41) is 21.3. The normalized spacial score (nSPS) is 12.8. The molecule has 0 spiro atoms. The molecule has 1 aromatic rings. The first-order chi connectivity index (χ1) is 7.69. The molecule has 16 heavy (non-hydrogen) atoms. The fraction of sp³-hybridized carbons (Fsp3) is 0.538. The van der Waals surface area contributed by atoms with Gasteiger partial charge in [-0.1, -0.05) is 32.0 Å². The number of nitrogens with one attached hydrogen (secondary N) is 1. The van der Waals surface area contributed by atoms with Gasteiger partial charge in [0.25, 0.3) is 0 Å². The summed E-state index contributed by atoms with van der Waals surface area (Å²) in [5.41, 5.74) is 2.28. The highest BCUT2D eigenvalue weighted by molar-refractivity contribution is 5.53. The highest BCUT2D eigenvalue weighted by atomic mass is 16.3. The molecule has 0 radical (unpaired) electrons. The van der Waals surface area contributed by atoms with E-state index in [2.05, 4.69) is 25.2 Å². The van der Waals surface area contributed by atoms with E-state index in [0.29, 0.717) is 12.3 Å². The van der Waals surface area contributed by atoms with Crippen LogP contribution in [-0.2, 0) is 0 Å². The molecular weight excluding hydrogens is 202 g/mol. The number of rotatable bonds is 6. The standard InChI is InChI=1S/C13H21NO2/c1-10(2)12-5-3-4-6-13(12)14-11(9-16)7-8-15/h3-6,10-11,14-16H,7-9H2,1-2H3. The van der Waals surface area contributed by atoms with Gasteiger partial charge in [0.2, 0.25) is 0 Å². The maximum absolute atomic E-state index is 9.17. The lowest BCUT2D eigenvalue weighted by Crippen LogP contribution is -2.25. The van der Waals surface area contributed by atoms with Crippen LogP contribution in [0.4, 0.5) is 5.69 Å². The van der Waals surface area contributed by atoms with Gasteiger partial charge < -0.3 is 15.5 Å². The first-order valence-electron chi connectivity index (χ1n) is 5.76. The van der Waals surface area contributed by atoms with Gasteiger partial charge in [-0.25, -0.2) is 0 Å². The summed E-state index contributed by atoms with van der Waals surface area (Å²) in [7, 11) is 0. The van der Waals surface area contributed by atoms with Gasteiger partial charge in [-0.2, -0.15) is 0 Å². The number of anilines is 1. The van der Waals surface area contributed by atoms with E-state index in [1.54, 1.807) is 0 Å². The van der Waals surface area contributed by atoms with Crippen LogP contribution in [0, 0.1) is 0 Å². The Morgan fingerprint density at radius 2 is 1.88 bits per heavy atom. The van der Waals surface area contributed by atoms with E-state index < -0.39 is 0 Å². The minimum Gasteiger partial charge on any atom is -0.396 e. The molecule has 1 aromatic carbocycles. The van der Waals surface area contributed by atoms with Gasteiger partial charge >= 0.3 is 0 Å². The second kappa shape index (κ2) is 6.51. The third-order valence-electron chi connectivity index (χ3n) is 2.64. The molecule has 0 fully saturated rings. The first kappa shape index (κ1) is 13.0. The molecule has 0 aliphatic carbocycles. The maximum atomic E-state index is 9.17. The third-order valence-corrected chi connectivity index (χ3v) is 2.64. The molecule has 0 aliphatic rings. The summed E-state index contributed by atoms with van der Waals surface area (Å²) in [4.78, 5) is 0. The van der Waals surface area contributed by atoms with Gasteiger partial charge in [0.15, 0.2) is 0 Å². The van der Waals surface area contributed by atoms with Crippen LogP contribution in [0.25, 0.3) is 0 Å². The predicted octanol–water partition coefficient (Wildman–Crippen LogP) is 1.97. The summed E-state index contributed by atoms with van der Waals surface area (Å²) in [6, 6.07) is 8.00. The summed E-state index contributed by atoms with van der Waals surface area (Å²) >= 11 is 0. The van der Waals surface area contributed by atoms with E-state index >= 15 is 0 Å². The number of aliphatic hydroxyl groups is 2. The van der Waals surface area contributed by atoms with Crippen molar-refractivity contribution in [2.24, 2.45) is 0 Å². The van der Waals surface area contributed by atoms with Crippen molar-refractivity contribution in [2.45, 2.75) is 32.2 Å². The van der Waals surface area contributed by atoms with E-state index in [1.165, 1.54) is 5.56 Å². The Morgan fingerprint density at radius 1 is 1.19 bits per heavy atom. The van der Waals surface area contributed by atoms with E-state index in [-0.39, 0.29) is 19.3 Å². The average molecular weight is 223 g/mol. The molecule has 0 aromatic heterocycles. The predicted molar refractivity (Wildman–Crippen MR) is 66.7 cm³/mol. The maximum Gasteiger partial charge on any atom is 0.0633 e. The Kier molecular flexibility index (Phi) is 5.29. The number of hydrogen-bond donors (Lipinski definition) is 3. The van der Waals surface area contributed by atoms with Gasteiger partial charge in [-0.15, -0.1) is 0 Å². The van der Waals surface area contributed by atoms with Crippen LogP contribution in [0.2, 0.25) is 0 Å². The van der Waals surface area contributed by atoms with Crippen molar-refractivity contribution < 1.29 is 10.2 Å². The fourth-order valence-corrected chi connectivity index (χ4v) is 1.72. The quantitative estimate of drug-likeness (QED) is 0.691. The van der Waals surface area contributed by atoms with Crippen LogP contribution in [0.15, 0.2) is 24.3 Å². The van der Waals surface area contributed by atoms with Crippen LogP contribution in [0.1, 0.15) is 31.7 Å². The summed E-state index contributed by atoms with van der Waals surface area (Å²) in [5.74, 6) is 0.442. The van der Waals surface area contributed by atoms with E-state index in [4.69, 9.17) is 5.11 Å². The summed E-state index contributed by atoms with van der Waals surface area (Å²) < 4.78 is 0. The van der Waals surface area contributed by atoms with E-state index in [1.807, 2.05) is 18.2 Å². The molecule has 1 atom stereocenters. The lowest BCUT2D eigenvalue weighted by atomic mass is 10.0. The third kappa shape index (κ3) is 3.51. The van der Waals surface area contributed by atoms with Crippen molar-refractivity contribution in [1.82, 2.24) is 0 Å². The summed E-state index contributed by atoms with van der Waals surface area (Å²) in [6.45, 7) is 4.40. The minimum absolute atomic E-state index is 0.0347. The fourth-order valence-electron chi connectivity index (χ4n) is 1.72. The molecule has 1 rings (SSSR count). The largest absolute Gasteiger partial charge is 0.396 e. The van der Waals surface area contributed by atoms with Crippen molar-refractivity contribution in [2.75, 3.05) is 18.5 Å². The molecule has 3 heteroatoms. The van der Waals surface area contributed by atoms with Gasteiger partial charge in [0.05, 0.1) is 12.6 Å². The van der Waals surface area contributed by atoms with Crippen LogP contribution >= 0.6 is 0 Å². The van der Waals surface area contributed by atoms with Crippen molar-refractivity contribution in [3.05, 3.63) is 29.8 Å². The monoisotopic (exact) mass is 223 g/mol. The lowest BCUT2D eigenvalue weighted by Gasteiger charge is -2.20. The smallest absolute Gasteiger partial charge is 0.0633 e. The molecule has 1 unspecified atom stereocenters. The molecule has 0 aliphatic heterocycles. The molecule has 0 bridgehead atoms. The van der Waals surface area contributed by atoms with Crippen molar-refractivity contribution in [3.63, 3.8) is 0 Å². The number of benzene rings is 1. The van der Waals surface area contributed by atoms with Crippen molar-refractivity contribution >= 4 is 5.69 Å². The lowest BCUT2D eigenvalue weighted by molar-refractivity contribution is 0.229. The first-order valence-corrected chi connectivity index (χ1v) is 5.76. The molecule has 0 saturated carbocycles. The van der Waals surface area contributed by atoms with Crippen LogP contribution in [0.3, 0.4) is 0 Å². The highest BCUT2D eigenvalue weighted by Gasteiger charge is 2.10. The highest BCUT2D eigenvalue weighted by Crippen LogP contribution is 2.24. The Hall–Kier alpha value is -1.06. The zero-order valence-corrected chi connectivity index (χ0v) is 9.98. The van der Waals surface area contributed by atoms with Gasteiger partial charge in [-0.05, 0) is 24.0 Å². The molecule has 0 amide bonds. The van der Waals surface area contributed by atoms with Crippen LogP contribution < -0.4 is 5.32 Å². The summed E-state index contributed by atoms with van der Waals surface area (Å²) in [6.07, 6.45) is 0.558. The SMILES string of the molecule is CC(C)c1ccccc1NC(CO)CCO. The number of hydrogen-bond acceptors (Lipinski definition) is 3. The Labute approximate surface area is 97.1 Å². The van der Waals surface area contributed by atoms with Crippen molar-refractivity contribution in [1.29, 1.82) is 0 Å². The molecule has 3 nitrogen and oxygen atoms in total. The van der Waals surface area contributed by atoms with Gasteiger partial charge in [0.1, 0.15) is 0 Å². The minimum atomic E-state index is -0.0788. The topological polar surface area (TPSA) is 52.5 Å². The Morgan fingerprint density at radius 3 is 2.44 bits per heavy atom. The zero-order valence-electron chi connectivity index (χ0n) is 9.98. The van der Waals surface area contributed by atoms with E-state index in [0.717, 1.165) is 5.69 Å². The molecular formula is C13H21NO2. The van der Waals surface area contributed by atoms with Crippen LogP contribution in [0.5, 0.6) is 0 Å². The van der Waals surface area contributed by atoms with Gasteiger partial charge in [0, 0.05) is 12.3 Å². The van der Waals surface area contributed by atoms with Gasteiger partial charge in [-0.3, -0.25) is 0 Å². The molecule has 0 heterocycles. The average Bonchev–Trinajstić information content (AvgIpc) is 2.29. The number of para-hydroxylation sites is 1. The molecule has 0 saturated heterocycles. The van der Waals surface area contributed by atoms with E-state index in [9.17, 15) is 5.11 Å². The Balaban J connectivity index is 2.78. The molecule has 3 N–H and O–H groups in total.